The van der Waals surface area contributed by atoms with E-state index >= 15 is 0 Å². The number of primary amides is 1. The highest BCUT2D eigenvalue weighted by atomic mass is 19.1. The first-order valence-corrected chi connectivity index (χ1v) is 23.0. The molecule has 24 heteroatoms. The number of nitrogens with two attached hydrogens (primary N) is 1. The average Bonchev–Trinajstić information content (AvgIpc) is 3.93. The Bertz CT molecular complexity index is 1770. The lowest BCUT2D eigenvalue weighted by Gasteiger charge is -2.26. The van der Waals surface area contributed by atoms with E-state index in [2.05, 4.69) is 47.9 Å². The zero-order chi connectivity index (χ0) is 50.4. The Morgan fingerprint density at radius 1 is 0.687 bits per heavy atom. The van der Waals surface area contributed by atoms with Crippen LogP contribution in [-0.4, -0.2) is 156 Å². The molecule has 0 saturated carbocycles. The minimum Gasteiger partial charge on any atom is -0.480 e. The fourth-order valence-electron chi connectivity index (χ4n) is 7.46. The Balaban J connectivity index is 1.98. The van der Waals surface area contributed by atoms with Gasteiger partial charge in [-0.15, -0.1) is 0 Å². The molecular weight excluding hydrogens is 882 g/mol. The van der Waals surface area contributed by atoms with Gasteiger partial charge in [0, 0.05) is 25.9 Å². The van der Waals surface area contributed by atoms with Crippen LogP contribution >= 0.6 is 0 Å². The van der Waals surface area contributed by atoms with Crippen LogP contribution in [0.15, 0.2) is 0 Å². The molecule has 10 amide bonds. The Hall–Kier alpha value is -5.94. The molecule has 0 aromatic heterocycles. The third-order valence-corrected chi connectivity index (χ3v) is 11.0. The number of halogens is 1. The predicted molar refractivity (Wildman–Crippen MR) is 240 cm³/mol. The van der Waals surface area contributed by atoms with Crippen molar-refractivity contribution in [1.29, 1.82) is 0 Å². The molecule has 0 aromatic carbocycles. The maximum Gasteiger partial charge on any atom is 0.326 e. The molecule has 0 aromatic rings. The lowest BCUT2D eigenvalue weighted by Crippen LogP contribution is -2.57. The summed E-state index contributed by atoms with van der Waals surface area (Å²) in [6, 6.07) is -7.77. The van der Waals surface area contributed by atoms with Crippen LogP contribution in [0.3, 0.4) is 0 Å². The van der Waals surface area contributed by atoms with E-state index in [0.717, 1.165) is 12.8 Å². The summed E-state index contributed by atoms with van der Waals surface area (Å²) < 4.78 is 13.5. The van der Waals surface area contributed by atoms with Gasteiger partial charge in [-0.2, -0.15) is 0 Å². The van der Waals surface area contributed by atoms with Gasteiger partial charge in [0.2, 0.25) is 59.1 Å². The highest BCUT2D eigenvalue weighted by Crippen LogP contribution is 2.18. The highest BCUT2D eigenvalue weighted by molar-refractivity contribution is 5.97. The van der Waals surface area contributed by atoms with Crippen molar-refractivity contribution in [2.45, 2.75) is 161 Å². The van der Waals surface area contributed by atoms with Crippen LogP contribution in [0.5, 0.6) is 0 Å². The van der Waals surface area contributed by atoms with E-state index < -0.39 is 133 Å². The van der Waals surface area contributed by atoms with Crippen molar-refractivity contribution in [3.8, 4) is 0 Å². The van der Waals surface area contributed by atoms with Crippen LogP contribution in [0.1, 0.15) is 112 Å². The van der Waals surface area contributed by atoms with Gasteiger partial charge < -0.3 is 63.6 Å². The Morgan fingerprint density at radius 3 is 1.84 bits per heavy atom. The minimum absolute atomic E-state index is 0.00732. The second-order valence-corrected chi connectivity index (χ2v) is 17.9. The van der Waals surface area contributed by atoms with Crippen molar-refractivity contribution in [2.75, 3.05) is 32.7 Å². The molecule has 2 aliphatic heterocycles. The number of likely N-dealkylation sites (tertiary alicyclic amines) is 1. The maximum absolute atomic E-state index is 13.5. The van der Waals surface area contributed by atoms with Crippen LogP contribution in [0.2, 0.25) is 0 Å². The molecular formula is C43H72FN11O12. The number of carbonyl (C=O) groups is 11. The van der Waals surface area contributed by atoms with Crippen molar-refractivity contribution in [2.24, 2.45) is 17.6 Å². The van der Waals surface area contributed by atoms with E-state index in [1.54, 1.807) is 27.7 Å². The summed E-state index contributed by atoms with van der Waals surface area (Å²) in [6.45, 7) is 8.98. The third kappa shape index (κ3) is 21.1. The number of hydrogen-bond acceptors (Lipinski definition) is 12. The van der Waals surface area contributed by atoms with Crippen molar-refractivity contribution in [1.82, 2.24) is 52.8 Å². The Morgan fingerprint density at radius 2 is 1.27 bits per heavy atom. The fraction of sp³-hybridized carbons (Fsp3) is 0.744. The maximum atomic E-state index is 13.5. The van der Waals surface area contributed by atoms with Crippen molar-refractivity contribution < 1.29 is 62.2 Å². The number of hydrogen-bond donors (Lipinski definition) is 11. The van der Waals surface area contributed by atoms with Gasteiger partial charge in [0.15, 0.2) is 0 Å². The lowest BCUT2D eigenvalue weighted by atomic mass is 10.0. The van der Waals surface area contributed by atoms with Crippen LogP contribution in [0.25, 0.3) is 0 Å². The fourth-order valence-corrected chi connectivity index (χ4v) is 7.46. The monoisotopic (exact) mass is 954 g/mol. The van der Waals surface area contributed by atoms with Gasteiger partial charge in [0.1, 0.15) is 42.4 Å². The lowest BCUT2D eigenvalue weighted by molar-refractivity contribution is -0.144. The molecule has 0 unspecified atom stereocenters. The number of unbranched alkanes of at least 4 members (excludes halogenated alkanes) is 2. The molecule has 0 radical (unpaired) electrons. The summed E-state index contributed by atoms with van der Waals surface area (Å²) in [4.78, 5) is 142. The van der Waals surface area contributed by atoms with Crippen molar-refractivity contribution in [3.63, 3.8) is 0 Å². The molecule has 2 fully saturated rings. The van der Waals surface area contributed by atoms with E-state index in [1.165, 1.54) is 11.8 Å². The van der Waals surface area contributed by atoms with Gasteiger partial charge in [-0.1, -0.05) is 53.9 Å². The SMILES string of the molecule is CCCCC[C@H](NC(=O)[C@@H]1CCCN1C(=O)CNC(=O)[C@H](C)NC(=O)[C@H](CC(C)C)NC(=O)CNC(=O)[C@H](CC(C)C)NC(=O)[C@H](CCC(N)=O)NC(=O)CNC(=O)[C@@H]1C[C@@H](F)CN1)C(=O)O. The molecule has 0 aliphatic carbocycles. The van der Waals surface area contributed by atoms with Crippen LogP contribution in [0, 0.1) is 11.8 Å². The van der Waals surface area contributed by atoms with Crippen molar-refractivity contribution in [3.05, 3.63) is 0 Å². The summed E-state index contributed by atoms with van der Waals surface area (Å²) in [5.74, 6) is -8.70. The van der Waals surface area contributed by atoms with Crippen LogP contribution < -0.4 is 53.6 Å². The number of aliphatic carboxylic acids is 1. The molecule has 12 N–H and O–H groups in total. The predicted octanol–water partition coefficient (Wildman–Crippen LogP) is -2.51. The molecule has 2 aliphatic rings. The van der Waals surface area contributed by atoms with Gasteiger partial charge >= 0.3 is 5.97 Å². The van der Waals surface area contributed by atoms with Gasteiger partial charge in [0.05, 0.1) is 25.7 Å². The highest BCUT2D eigenvalue weighted by Gasteiger charge is 2.37. The number of carboxylic acid groups (broad SMARTS) is 1. The Labute approximate surface area is 390 Å². The summed E-state index contributed by atoms with van der Waals surface area (Å²) in [7, 11) is 0. The number of carboxylic acids is 1. The largest absolute Gasteiger partial charge is 0.480 e. The third-order valence-electron chi connectivity index (χ3n) is 11.0. The normalized spacial score (nSPS) is 18.9. The van der Waals surface area contributed by atoms with E-state index in [9.17, 15) is 62.2 Å². The first-order valence-electron chi connectivity index (χ1n) is 23.0. The Kier molecular flexibility index (Phi) is 24.7. The zero-order valence-electron chi connectivity index (χ0n) is 39.4. The van der Waals surface area contributed by atoms with Crippen LogP contribution in [0.4, 0.5) is 4.39 Å². The number of alkyl halides is 1. The molecule has 0 spiro atoms. The number of nitrogens with one attached hydrogen (secondary N) is 9. The van der Waals surface area contributed by atoms with Crippen LogP contribution in [-0.2, 0) is 52.7 Å². The average molecular weight is 954 g/mol. The molecule has 8 atom stereocenters. The minimum atomic E-state index is -1.36. The van der Waals surface area contributed by atoms with E-state index in [1.807, 2.05) is 6.92 Å². The molecule has 67 heavy (non-hydrogen) atoms. The van der Waals surface area contributed by atoms with Gasteiger partial charge in [0.25, 0.3) is 0 Å². The standard InChI is InChI=1S/C43H72FN11O12/c1-7-8-9-11-28(43(66)67)53-42(65)32-12-10-15-55(32)36(59)22-49-37(60)25(6)50-41(64)31(17-24(4)5)52-35(58)21-48-39(62)30(16-23(2)3)54-40(63)27(13-14-33(45)56)51-34(57)20-47-38(61)29-18-26(44)19-46-29/h23-32,46H,7-22H2,1-6H3,(H2,45,56)(H,47,61)(H,48,62)(H,49,60)(H,50,64)(H,51,57)(H,52,58)(H,53,65)(H,54,63)(H,66,67)/t25-,26+,27-,28-,29-,30-,31-,32-/m0/s1. The van der Waals surface area contributed by atoms with Gasteiger partial charge in [-0.05, 0) is 57.3 Å². The second kappa shape index (κ2) is 29.0. The zero-order valence-corrected chi connectivity index (χ0v) is 39.4. The summed E-state index contributed by atoms with van der Waals surface area (Å²) in [6.07, 6.45) is 1.71. The van der Waals surface area contributed by atoms with Gasteiger partial charge in [-0.25, -0.2) is 9.18 Å². The van der Waals surface area contributed by atoms with E-state index in [0.29, 0.717) is 19.3 Å². The number of carbonyl (C=O) groups excluding carboxylic acids is 10. The first kappa shape index (κ1) is 57.2. The molecule has 2 heterocycles. The summed E-state index contributed by atoms with van der Waals surface area (Å²) in [5.41, 5.74) is 5.27. The molecule has 378 valence electrons. The molecule has 2 rings (SSSR count). The molecule has 23 nitrogen and oxygen atoms in total. The van der Waals surface area contributed by atoms with Crippen molar-refractivity contribution >= 4 is 65.0 Å². The molecule has 0 bridgehead atoms. The number of nitrogens with zero attached hydrogens (tertiary/aromatic N) is 1. The topological polar surface area (TPSA) is 346 Å². The number of amides is 10. The number of rotatable bonds is 29. The quantitative estimate of drug-likeness (QED) is 0.0346. The second-order valence-electron chi connectivity index (χ2n) is 17.9. The molecule has 2 saturated heterocycles. The van der Waals surface area contributed by atoms with E-state index in [-0.39, 0.29) is 63.5 Å². The van der Waals surface area contributed by atoms with Gasteiger partial charge in [-0.3, -0.25) is 47.9 Å². The summed E-state index contributed by atoms with van der Waals surface area (Å²) in [5, 5.41) is 32.1. The first-order chi connectivity index (χ1) is 31.5. The van der Waals surface area contributed by atoms with E-state index in [4.69, 9.17) is 5.73 Å². The summed E-state index contributed by atoms with van der Waals surface area (Å²) >= 11 is 0. The smallest absolute Gasteiger partial charge is 0.326 e.